The van der Waals surface area contributed by atoms with Gasteiger partial charge >= 0.3 is 0 Å². The van der Waals surface area contributed by atoms with Crippen molar-refractivity contribution < 1.29 is 13.5 Å². The van der Waals surface area contributed by atoms with Gasteiger partial charge in [-0.25, -0.2) is 8.78 Å². The monoisotopic (exact) mass is 393 g/mol. The summed E-state index contributed by atoms with van der Waals surface area (Å²) in [5.74, 6) is -0.304. The molecule has 0 unspecified atom stereocenters. The second-order valence-corrected chi connectivity index (χ2v) is 8.43. The molecule has 0 spiro atoms. The van der Waals surface area contributed by atoms with Crippen LogP contribution in [-0.4, -0.2) is 22.3 Å². The van der Waals surface area contributed by atoms with E-state index in [1.807, 2.05) is 18.2 Å². The lowest BCUT2D eigenvalue weighted by Crippen LogP contribution is -2.37. The molecule has 4 nitrogen and oxygen atoms in total. The minimum atomic E-state index is -0.633. The van der Waals surface area contributed by atoms with Gasteiger partial charge in [-0.3, -0.25) is 4.98 Å². The van der Waals surface area contributed by atoms with Crippen molar-refractivity contribution >= 4 is 0 Å². The summed E-state index contributed by atoms with van der Waals surface area (Å²) in [4.78, 5) is 4.67. The van der Waals surface area contributed by atoms with Crippen molar-refractivity contribution in [2.45, 2.75) is 38.0 Å². The van der Waals surface area contributed by atoms with E-state index in [0.29, 0.717) is 0 Å². The van der Waals surface area contributed by atoms with Crippen LogP contribution in [0.1, 0.15) is 49.6 Å². The van der Waals surface area contributed by atoms with Crippen LogP contribution < -0.4 is 4.74 Å². The molecule has 5 rings (SSSR count). The van der Waals surface area contributed by atoms with Crippen LogP contribution >= 0.6 is 0 Å². The highest BCUT2D eigenvalue weighted by Crippen LogP contribution is 2.69. The Kier molecular flexibility index (Phi) is 3.79. The van der Waals surface area contributed by atoms with Gasteiger partial charge in [-0.1, -0.05) is 19.9 Å². The first kappa shape index (κ1) is 18.2. The lowest BCUT2D eigenvalue weighted by atomic mass is 9.66. The number of halogens is 2. The first-order chi connectivity index (χ1) is 13.9. The number of fused-ring (bicyclic) bond motifs is 5. The molecule has 0 aliphatic heterocycles. The Morgan fingerprint density at radius 3 is 2.55 bits per heavy atom. The molecule has 1 fully saturated rings. The van der Waals surface area contributed by atoms with Gasteiger partial charge in [-0.15, -0.1) is 5.10 Å². The molecule has 29 heavy (non-hydrogen) atoms. The van der Waals surface area contributed by atoms with Crippen molar-refractivity contribution in [1.82, 2.24) is 15.2 Å². The Bertz CT molecular complexity index is 1110. The van der Waals surface area contributed by atoms with E-state index in [1.54, 1.807) is 13.3 Å². The highest BCUT2D eigenvalue weighted by atomic mass is 19.1. The van der Waals surface area contributed by atoms with E-state index in [-0.39, 0.29) is 22.6 Å². The minimum Gasteiger partial charge on any atom is -0.497 e. The highest BCUT2D eigenvalue weighted by molar-refractivity contribution is 5.64. The Morgan fingerprint density at radius 2 is 1.83 bits per heavy atom. The lowest BCUT2D eigenvalue weighted by molar-refractivity contribution is 0.242. The summed E-state index contributed by atoms with van der Waals surface area (Å²) in [6.45, 7) is 4.44. The fourth-order valence-corrected chi connectivity index (χ4v) is 5.53. The number of hydrogen-bond donors (Lipinski definition) is 0. The standard InChI is InChI=1S/C23H21F2N3O/c1-22(2)15-7-9-23(22,19-11-13(29-3)8-10-26-19)21-14(15)12-18(27-28-21)20-16(24)5-4-6-17(20)25/h4-6,8,10-12,15H,7,9H2,1-3H3/t15-,23-/m0/s1. The zero-order chi connectivity index (χ0) is 20.4. The van der Waals surface area contributed by atoms with Crippen LogP contribution in [0.25, 0.3) is 11.3 Å². The van der Waals surface area contributed by atoms with E-state index in [9.17, 15) is 8.78 Å². The van der Waals surface area contributed by atoms with Crippen molar-refractivity contribution in [1.29, 1.82) is 0 Å². The molecule has 0 saturated heterocycles. The molecule has 148 valence electrons. The van der Waals surface area contributed by atoms with Crippen molar-refractivity contribution in [3.05, 3.63) is 71.2 Å². The fraction of sp³-hybridized carbons (Fsp3) is 0.348. The van der Waals surface area contributed by atoms with Gasteiger partial charge in [0.25, 0.3) is 0 Å². The SMILES string of the molecule is COc1ccnc([C@@]23CC[C@@H](c4cc(-c5c(F)cccc5F)nnc42)C3(C)C)c1. The number of rotatable bonds is 3. The van der Waals surface area contributed by atoms with Gasteiger partial charge in [0.15, 0.2) is 0 Å². The number of pyridine rings is 1. The maximum Gasteiger partial charge on any atom is 0.135 e. The Balaban J connectivity index is 1.72. The molecule has 2 aliphatic carbocycles. The molecule has 6 heteroatoms. The third kappa shape index (κ3) is 2.26. The summed E-state index contributed by atoms with van der Waals surface area (Å²) in [5.41, 5.74) is 2.32. The average molecular weight is 393 g/mol. The molecule has 2 aromatic heterocycles. The van der Waals surface area contributed by atoms with Gasteiger partial charge in [0.2, 0.25) is 0 Å². The van der Waals surface area contributed by atoms with Gasteiger partial charge in [0.1, 0.15) is 17.4 Å². The van der Waals surface area contributed by atoms with Crippen LogP contribution in [0.4, 0.5) is 8.78 Å². The topological polar surface area (TPSA) is 47.9 Å². The molecule has 2 heterocycles. The van der Waals surface area contributed by atoms with Crippen LogP contribution in [0.5, 0.6) is 5.75 Å². The molecular formula is C23H21F2N3O. The van der Waals surface area contributed by atoms with Crippen molar-refractivity contribution in [3.8, 4) is 17.0 Å². The molecule has 0 N–H and O–H groups in total. The van der Waals surface area contributed by atoms with Crippen LogP contribution in [-0.2, 0) is 5.41 Å². The van der Waals surface area contributed by atoms with Gasteiger partial charge in [-0.05, 0) is 54.0 Å². The number of hydrogen-bond acceptors (Lipinski definition) is 4. The molecule has 3 aromatic rings. The number of nitrogens with zero attached hydrogens (tertiary/aromatic N) is 3. The largest absolute Gasteiger partial charge is 0.497 e. The first-order valence-electron chi connectivity index (χ1n) is 9.73. The summed E-state index contributed by atoms with van der Waals surface area (Å²) < 4.78 is 34.1. The van der Waals surface area contributed by atoms with E-state index in [4.69, 9.17) is 4.74 Å². The number of aromatic nitrogens is 3. The summed E-state index contributed by atoms with van der Waals surface area (Å²) in [6.07, 6.45) is 3.62. The summed E-state index contributed by atoms with van der Waals surface area (Å²) in [7, 11) is 1.64. The third-order valence-electron chi connectivity index (χ3n) is 7.01. The second-order valence-electron chi connectivity index (χ2n) is 8.43. The zero-order valence-corrected chi connectivity index (χ0v) is 16.5. The van der Waals surface area contributed by atoms with Gasteiger partial charge in [-0.2, -0.15) is 5.10 Å². The van der Waals surface area contributed by atoms with Crippen LogP contribution in [0, 0.1) is 17.0 Å². The second kappa shape index (κ2) is 6.05. The van der Waals surface area contributed by atoms with E-state index in [2.05, 4.69) is 29.0 Å². The first-order valence-corrected chi connectivity index (χ1v) is 9.73. The smallest absolute Gasteiger partial charge is 0.135 e. The lowest BCUT2D eigenvalue weighted by Gasteiger charge is -2.37. The molecule has 2 bridgehead atoms. The Morgan fingerprint density at radius 1 is 1.07 bits per heavy atom. The zero-order valence-electron chi connectivity index (χ0n) is 16.5. The summed E-state index contributed by atoms with van der Waals surface area (Å²) >= 11 is 0. The van der Waals surface area contributed by atoms with Gasteiger partial charge < -0.3 is 4.74 Å². The quantitative estimate of drug-likeness (QED) is 0.626. The van der Waals surface area contributed by atoms with Crippen molar-refractivity contribution in [2.75, 3.05) is 7.11 Å². The van der Waals surface area contributed by atoms with E-state index >= 15 is 0 Å². The van der Waals surface area contributed by atoms with Crippen molar-refractivity contribution in [2.24, 2.45) is 5.41 Å². The van der Waals surface area contributed by atoms with E-state index in [0.717, 1.165) is 35.5 Å². The Hall–Kier alpha value is -2.89. The average Bonchev–Trinajstić information content (AvgIpc) is 3.09. The molecule has 0 amide bonds. The van der Waals surface area contributed by atoms with E-state index in [1.165, 1.54) is 18.2 Å². The summed E-state index contributed by atoms with van der Waals surface area (Å²) in [5, 5.41) is 8.79. The maximum atomic E-state index is 14.3. The van der Waals surface area contributed by atoms with Gasteiger partial charge in [0.05, 0.1) is 35.2 Å². The molecular weight excluding hydrogens is 372 g/mol. The third-order valence-corrected chi connectivity index (χ3v) is 7.01. The van der Waals surface area contributed by atoms with Crippen molar-refractivity contribution in [3.63, 3.8) is 0 Å². The molecule has 0 radical (unpaired) electrons. The summed E-state index contributed by atoms with van der Waals surface area (Å²) in [6, 6.07) is 9.44. The highest BCUT2D eigenvalue weighted by Gasteiger charge is 2.65. The van der Waals surface area contributed by atoms with E-state index < -0.39 is 17.0 Å². The van der Waals surface area contributed by atoms with Crippen LogP contribution in [0.3, 0.4) is 0 Å². The number of methoxy groups -OCH3 is 1. The molecule has 2 atom stereocenters. The Labute approximate surface area is 168 Å². The number of benzene rings is 1. The predicted octanol–water partition coefficient (Wildman–Crippen LogP) is 5.03. The minimum absolute atomic E-state index is 0.128. The normalized spacial score (nSPS) is 23.8. The molecule has 1 saturated carbocycles. The van der Waals surface area contributed by atoms with Crippen LogP contribution in [0.2, 0.25) is 0 Å². The van der Waals surface area contributed by atoms with Gasteiger partial charge in [0, 0.05) is 12.3 Å². The maximum absolute atomic E-state index is 14.3. The predicted molar refractivity (Wildman–Crippen MR) is 105 cm³/mol. The van der Waals surface area contributed by atoms with Crippen LogP contribution in [0.15, 0.2) is 42.6 Å². The number of ether oxygens (including phenoxy) is 1. The molecule has 1 aromatic carbocycles. The molecule has 2 aliphatic rings. The fourth-order valence-electron chi connectivity index (χ4n) is 5.53.